The van der Waals surface area contributed by atoms with E-state index in [1.807, 2.05) is 0 Å². The molecule has 3 unspecified atom stereocenters. The van der Waals surface area contributed by atoms with Crippen LogP contribution >= 0.6 is 7.60 Å². The Hall–Kier alpha value is -1.73. The molecule has 0 spiro atoms. The van der Waals surface area contributed by atoms with E-state index >= 15 is 0 Å². The van der Waals surface area contributed by atoms with Gasteiger partial charge in [-0.1, -0.05) is 32.0 Å². The zero-order valence-corrected chi connectivity index (χ0v) is 15.9. The van der Waals surface area contributed by atoms with Crippen LogP contribution in [0.25, 0.3) is 0 Å². The van der Waals surface area contributed by atoms with Gasteiger partial charge in [-0.3, -0.25) is 13.9 Å². The lowest BCUT2D eigenvalue weighted by Crippen LogP contribution is -2.40. The Labute approximate surface area is 154 Å². The number of carboxylic acids is 1. The van der Waals surface area contributed by atoms with E-state index in [1.165, 1.54) is 0 Å². The monoisotopic (exact) mass is 388 g/mol. The third-order valence-electron chi connectivity index (χ3n) is 3.77. The highest BCUT2D eigenvalue weighted by atomic mass is 31.2. The van der Waals surface area contributed by atoms with Crippen LogP contribution in [0.1, 0.15) is 44.9 Å². The van der Waals surface area contributed by atoms with Gasteiger partial charge in [0.2, 0.25) is 0 Å². The number of unbranched alkanes of at least 4 members (excludes halogenated alkanes) is 1. The number of rotatable bonds is 11. The van der Waals surface area contributed by atoms with E-state index in [4.69, 9.17) is 10.3 Å². The van der Waals surface area contributed by atoms with E-state index in [2.05, 4.69) is 5.32 Å². The van der Waals surface area contributed by atoms with Crippen molar-refractivity contribution in [2.75, 3.05) is 6.54 Å². The molecule has 1 rings (SSSR count). The van der Waals surface area contributed by atoms with E-state index in [9.17, 15) is 24.2 Å². The van der Waals surface area contributed by atoms with Crippen LogP contribution in [-0.4, -0.2) is 40.3 Å². The first-order valence-electron chi connectivity index (χ1n) is 8.48. The molecule has 0 aliphatic heterocycles. The van der Waals surface area contributed by atoms with Gasteiger partial charge in [0.25, 0.3) is 5.91 Å². The maximum Gasteiger partial charge on any atom is 0.351 e. The molecule has 0 fully saturated rings. The fourth-order valence-corrected chi connectivity index (χ4v) is 4.10. The molecule has 1 amide bonds. The minimum absolute atomic E-state index is 0. The number of nitrogens with two attached hydrogens (primary N) is 1. The molecule has 26 heavy (non-hydrogen) atoms. The lowest BCUT2D eigenvalue weighted by atomic mass is 10.1. The van der Waals surface area contributed by atoms with Gasteiger partial charge in [-0.25, -0.2) is 4.79 Å². The van der Waals surface area contributed by atoms with Gasteiger partial charge in [0, 0.05) is 6.99 Å². The SMILES string of the molecule is CC(C)C(NC(=O)c1ccccc1)P(=O)(O)OC(CCCCN)C(=O)O.[HH]. The Morgan fingerprint density at radius 2 is 1.88 bits per heavy atom. The van der Waals surface area contributed by atoms with E-state index in [0.29, 0.717) is 24.9 Å². The first-order chi connectivity index (χ1) is 12.2. The summed E-state index contributed by atoms with van der Waals surface area (Å²) in [4.78, 5) is 34.0. The van der Waals surface area contributed by atoms with Gasteiger partial charge in [0.15, 0.2) is 6.10 Å². The van der Waals surface area contributed by atoms with Crippen molar-refractivity contribution in [1.29, 1.82) is 0 Å². The lowest BCUT2D eigenvalue weighted by molar-refractivity contribution is -0.145. The number of carbonyl (C=O) groups excluding carboxylic acids is 1. The molecule has 0 radical (unpaired) electrons. The van der Waals surface area contributed by atoms with E-state index in [1.54, 1.807) is 44.2 Å². The molecule has 1 aromatic rings. The molecular weight excluding hydrogens is 359 g/mol. The molecule has 8 nitrogen and oxygen atoms in total. The number of hydrogen-bond donors (Lipinski definition) is 4. The van der Waals surface area contributed by atoms with Crippen LogP contribution in [0.3, 0.4) is 0 Å². The summed E-state index contributed by atoms with van der Waals surface area (Å²) >= 11 is 0. The summed E-state index contributed by atoms with van der Waals surface area (Å²) in [6.07, 6.45) is -0.335. The highest BCUT2D eigenvalue weighted by Gasteiger charge is 2.40. The summed E-state index contributed by atoms with van der Waals surface area (Å²) in [5.74, 6) is -3.53. The predicted octanol–water partition coefficient (Wildman–Crippen LogP) is 2.43. The molecule has 0 heterocycles. The van der Waals surface area contributed by atoms with Crippen LogP contribution in [-0.2, 0) is 13.9 Å². The smallest absolute Gasteiger partial charge is 0.351 e. The molecular formula is C17H29N2O6P. The van der Waals surface area contributed by atoms with Crippen molar-refractivity contribution in [2.24, 2.45) is 11.7 Å². The molecule has 5 N–H and O–H groups in total. The van der Waals surface area contributed by atoms with Gasteiger partial charge in [-0.05, 0) is 43.9 Å². The zero-order valence-electron chi connectivity index (χ0n) is 15.0. The van der Waals surface area contributed by atoms with Crippen molar-refractivity contribution >= 4 is 19.5 Å². The standard InChI is InChI=1S/C17H27N2O6P.H2/c1-12(2)16(19-15(20)13-8-4-3-5-9-13)26(23,24)25-14(17(21)22)10-6-7-11-18;/h3-5,8-9,12,14,16H,6-7,10-11,18H2,1-2H3,(H,19,20)(H,21,22)(H,23,24);1H. The molecule has 0 bridgehead atoms. The fraction of sp³-hybridized carbons (Fsp3) is 0.529. The van der Waals surface area contributed by atoms with E-state index in [0.717, 1.165) is 0 Å². The minimum Gasteiger partial charge on any atom is -0.479 e. The Morgan fingerprint density at radius 3 is 2.38 bits per heavy atom. The van der Waals surface area contributed by atoms with Gasteiger partial charge in [0.05, 0.1) is 0 Å². The van der Waals surface area contributed by atoms with Crippen LogP contribution in [0.5, 0.6) is 0 Å². The molecule has 0 aliphatic carbocycles. The predicted molar refractivity (Wildman–Crippen MR) is 99.9 cm³/mol. The van der Waals surface area contributed by atoms with Crippen LogP contribution in [0.4, 0.5) is 0 Å². The third kappa shape index (κ3) is 6.88. The molecule has 1 aromatic carbocycles. The van der Waals surface area contributed by atoms with Crippen LogP contribution in [0.15, 0.2) is 30.3 Å². The van der Waals surface area contributed by atoms with Gasteiger partial charge >= 0.3 is 13.6 Å². The molecule has 0 aromatic heterocycles. The van der Waals surface area contributed by atoms with E-state index < -0.39 is 37.3 Å². The number of amides is 1. The quantitative estimate of drug-likeness (QED) is 0.337. The van der Waals surface area contributed by atoms with Crippen molar-refractivity contribution in [2.45, 2.75) is 45.0 Å². The average molecular weight is 388 g/mol. The van der Waals surface area contributed by atoms with Crippen LogP contribution in [0.2, 0.25) is 0 Å². The molecule has 0 aliphatic rings. The summed E-state index contributed by atoms with van der Waals surface area (Å²) in [5, 5.41) is 11.7. The lowest BCUT2D eigenvalue weighted by Gasteiger charge is -2.28. The summed E-state index contributed by atoms with van der Waals surface area (Å²) in [5.41, 5.74) is 5.71. The van der Waals surface area contributed by atoms with Gasteiger partial charge in [0.1, 0.15) is 5.78 Å². The molecule has 0 saturated carbocycles. The number of nitrogens with one attached hydrogen (secondary N) is 1. The Morgan fingerprint density at radius 1 is 1.27 bits per heavy atom. The topological polar surface area (TPSA) is 139 Å². The summed E-state index contributed by atoms with van der Waals surface area (Å²) in [6.45, 7) is 3.68. The highest BCUT2D eigenvalue weighted by Crippen LogP contribution is 2.50. The molecule has 148 valence electrons. The van der Waals surface area contributed by atoms with Crippen molar-refractivity contribution in [3.63, 3.8) is 0 Å². The molecule has 3 atom stereocenters. The minimum atomic E-state index is -4.44. The van der Waals surface area contributed by atoms with Crippen LogP contribution < -0.4 is 11.1 Å². The van der Waals surface area contributed by atoms with Gasteiger partial charge < -0.3 is 21.1 Å². The van der Waals surface area contributed by atoms with Gasteiger partial charge in [-0.2, -0.15) is 0 Å². The summed E-state index contributed by atoms with van der Waals surface area (Å²) in [7, 11) is -4.44. The normalized spacial score (nSPS) is 15.9. The Bertz CT molecular complexity index is 644. The second-order valence-electron chi connectivity index (χ2n) is 6.31. The van der Waals surface area contributed by atoms with Crippen molar-refractivity contribution in [3.05, 3.63) is 35.9 Å². The fourth-order valence-electron chi connectivity index (χ4n) is 2.38. The van der Waals surface area contributed by atoms with Gasteiger partial charge in [-0.15, -0.1) is 0 Å². The highest BCUT2D eigenvalue weighted by molar-refractivity contribution is 7.53. The van der Waals surface area contributed by atoms with Crippen LogP contribution in [0, 0.1) is 5.92 Å². The average Bonchev–Trinajstić information content (AvgIpc) is 2.58. The number of benzene rings is 1. The maximum atomic E-state index is 12.7. The number of carboxylic acid groups (broad SMARTS) is 1. The number of hydrogen-bond acceptors (Lipinski definition) is 5. The first kappa shape index (κ1) is 22.3. The molecule has 0 saturated heterocycles. The largest absolute Gasteiger partial charge is 0.479 e. The molecule has 9 heteroatoms. The first-order valence-corrected chi connectivity index (χ1v) is 10.1. The second-order valence-corrected chi connectivity index (χ2v) is 8.20. The van der Waals surface area contributed by atoms with Crippen molar-refractivity contribution in [3.8, 4) is 0 Å². The third-order valence-corrected chi connectivity index (χ3v) is 5.76. The second kappa shape index (κ2) is 10.4. The Kier molecular flexibility index (Phi) is 8.95. The maximum absolute atomic E-state index is 12.7. The van der Waals surface area contributed by atoms with E-state index in [-0.39, 0.29) is 7.85 Å². The van der Waals surface area contributed by atoms with Crippen molar-refractivity contribution < 1.29 is 30.1 Å². The number of carbonyl (C=O) groups is 2. The van der Waals surface area contributed by atoms with Crippen molar-refractivity contribution in [1.82, 2.24) is 5.32 Å². The summed E-state index contributed by atoms with van der Waals surface area (Å²) < 4.78 is 17.8. The Balaban J connectivity index is 0.00000676. The summed E-state index contributed by atoms with van der Waals surface area (Å²) in [6, 6.07) is 8.24. The zero-order chi connectivity index (χ0) is 19.7. The number of aliphatic carboxylic acids is 1.